The molecular formula is C51H96N4O11. The molecule has 3 amide bonds. The number of aliphatic carboxylic acids is 1. The second-order valence-electron chi connectivity index (χ2n) is 20.0. The fraction of sp³-hybridized carbons (Fsp3) is 0.882. The Labute approximate surface area is 399 Å². The van der Waals surface area contributed by atoms with Crippen LogP contribution in [0, 0.1) is 11.3 Å². The Hall–Kier alpha value is -2.98. The third-order valence-electron chi connectivity index (χ3n) is 10.9. The zero-order chi connectivity index (χ0) is 49.3. The standard InChI is InChI=1S/C51H96N4O11/c1-8-9-10-11-12-13-14-15-16-17-18-19-20-23-43(56)40-42(49(61)62)25-26-46(58)53-30-34-65-38-37-64-33-28-48(60)54-31-35-66-39-36-63-32-27-47(59)52-29-22-21-24-44(55-51(5,6)7)45(57)41-50(2,3)4/h42,44,55H,8-41H2,1-7H3,(H,52,59)(H,53,58)(H,54,60)(H,61,62). The molecule has 0 radical (unpaired) electrons. The van der Waals surface area contributed by atoms with Gasteiger partial charge in [0.05, 0.1) is 64.8 Å². The molecule has 15 heteroatoms. The largest absolute Gasteiger partial charge is 0.481 e. The number of nitrogens with one attached hydrogen (secondary N) is 4. The zero-order valence-corrected chi connectivity index (χ0v) is 42.7. The van der Waals surface area contributed by atoms with Gasteiger partial charge < -0.3 is 45.3 Å². The number of carbonyl (C=O) groups excluding carboxylic acids is 5. The summed E-state index contributed by atoms with van der Waals surface area (Å²) in [5.41, 5.74) is -0.215. The molecule has 0 rings (SSSR count). The van der Waals surface area contributed by atoms with Gasteiger partial charge in [0, 0.05) is 63.7 Å². The van der Waals surface area contributed by atoms with Gasteiger partial charge in [-0.3, -0.25) is 28.8 Å². The average molecular weight is 941 g/mol. The first-order chi connectivity index (χ1) is 31.4. The number of Topliss-reactive ketones (excluding diaryl/α,β-unsaturated/α-hetero) is 2. The molecular weight excluding hydrogens is 845 g/mol. The van der Waals surface area contributed by atoms with Crippen LogP contribution < -0.4 is 21.3 Å². The lowest BCUT2D eigenvalue weighted by atomic mass is 9.86. The van der Waals surface area contributed by atoms with Crippen molar-refractivity contribution in [2.75, 3.05) is 72.5 Å². The van der Waals surface area contributed by atoms with Crippen LogP contribution in [0.1, 0.15) is 196 Å². The van der Waals surface area contributed by atoms with E-state index in [-0.39, 0.29) is 111 Å². The quantitative estimate of drug-likeness (QED) is 0.0368. The number of hydrogen-bond donors (Lipinski definition) is 5. The highest BCUT2D eigenvalue weighted by Crippen LogP contribution is 2.22. The summed E-state index contributed by atoms with van der Waals surface area (Å²) in [6, 6.07) is -0.191. The van der Waals surface area contributed by atoms with Crippen LogP contribution in [0.2, 0.25) is 0 Å². The Bertz CT molecular complexity index is 1280. The summed E-state index contributed by atoms with van der Waals surface area (Å²) >= 11 is 0. The molecule has 386 valence electrons. The molecule has 0 fully saturated rings. The van der Waals surface area contributed by atoms with E-state index in [2.05, 4.69) is 69.7 Å². The highest BCUT2D eigenvalue weighted by Gasteiger charge is 2.27. The maximum atomic E-state index is 12.9. The Balaban J connectivity index is 3.74. The number of ether oxygens (including phenoxy) is 4. The molecule has 15 nitrogen and oxygen atoms in total. The topological polar surface area (TPSA) is 208 Å². The van der Waals surface area contributed by atoms with Crippen LogP contribution in [-0.2, 0) is 47.7 Å². The van der Waals surface area contributed by atoms with Crippen molar-refractivity contribution in [3.63, 3.8) is 0 Å². The van der Waals surface area contributed by atoms with E-state index in [1.165, 1.54) is 64.2 Å². The average Bonchev–Trinajstić information content (AvgIpc) is 3.23. The Morgan fingerprint density at radius 3 is 1.38 bits per heavy atom. The van der Waals surface area contributed by atoms with E-state index in [1.54, 1.807) is 0 Å². The van der Waals surface area contributed by atoms with Gasteiger partial charge in [-0.25, -0.2) is 0 Å². The van der Waals surface area contributed by atoms with E-state index in [0.29, 0.717) is 52.4 Å². The summed E-state index contributed by atoms with van der Waals surface area (Å²) in [4.78, 5) is 73.5. The maximum Gasteiger partial charge on any atom is 0.306 e. The van der Waals surface area contributed by atoms with Gasteiger partial charge in [0.25, 0.3) is 0 Å². The molecule has 0 aliphatic heterocycles. The van der Waals surface area contributed by atoms with Gasteiger partial charge in [-0.2, -0.15) is 0 Å². The number of rotatable bonds is 46. The molecule has 5 N–H and O–H groups in total. The number of carbonyl (C=O) groups is 6. The highest BCUT2D eigenvalue weighted by molar-refractivity contribution is 5.85. The third kappa shape index (κ3) is 43.6. The summed E-state index contributed by atoms with van der Waals surface area (Å²) in [7, 11) is 0. The Morgan fingerprint density at radius 1 is 0.485 bits per heavy atom. The minimum absolute atomic E-state index is 0.0279. The maximum absolute atomic E-state index is 12.9. The van der Waals surface area contributed by atoms with Gasteiger partial charge in [0.15, 0.2) is 0 Å². The first-order valence-corrected chi connectivity index (χ1v) is 25.6. The second-order valence-corrected chi connectivity index (χ2v) is 20.0. The van der Waals surface area contributed by atoms with Crippen LogP contribution in [0.3, 0.4) is 0 Å². The lowest BCUT2D eigenvalue weighted by molar-refractivity contribution is -0.144. The van der Waals surface area contributed by atoms with Crippen molar-refractivity contribution >= 4 is 35.3 Å². The molecule has 0 aromatic carbocycles. The number of ketones is 2. The number of carboxylic acid groups (broad SMARTS) is 1. The summed E-state index contributed by atoms with van der Waals surface area (Å²) in [5.74, 6) is -2.24. The van der Waals surface area contributed by atoms with Gasteiger partial charge in [0.2, 0.25) is 17.7 Å². The van der Waals surface area contributed by atoms with Crippen LogP contribution in [0.5, 0.6) is 0 Å². The van der Waals surface area contributed by atoms with E-state index in [9.17, 15) is 33.9 Å². The van der Waals surface area contributed by atoms with Crippen LogP contribution in [-0.4, -0.2) is 124 Å². The predicted octanol–water partition coefficient (Wildman–Crippen LogP) is 8.04. The number of unbranched alkanes of at least 4 members (excludes halogenated alkanes) is 13. The van der Waals surface area contributed by atoms with Crippen molar-refractivity contribution in [2.24, 2.45) is 11.3 Å². The van der Waals surface area contributed by atoms with Crippen molar-refractivity contribution in [3.8, 4) is 0 Å². The molecule has 0 aliphatic carbocycles. The SMILES string of the molecule is CCCCCCCCCCCCCCCC(=O)CC(CCC(=O)NCCOCCOCCC(=O)NCCOCCOCCC(=O)NCCCCC(NC(C)(C)C)C(=O)CC(C)(C)C)C(=O)O. The number of carboxylic acids is 1. The van der Waals surface area contributed by atoms with E-state index >= 15 is 0 Å². The van der Waals surface area contributed by atoms with Gasteiger partial charge in [-0.15, -0.1) is 0 Å². The molecule has 0 aromatic heterocycles. The van der Waals surface area contributed by atoms with Crippen molar-refractivity contribution in [1.29, 1.82) is 0 Å². The van der Waals surface area contributed by atoms with Gasteiger partial charge in [-0.1, -0.05) is 105 Å². The summed E-state index contributed by atoms with van der Waals surface area (Å²) in [6.07, 6.45) is 19.8. The predicted molar refractivity (Wildman–Crippen MR) is 261 cm³/mol. The lowest BCUT2D eigenvalue weighted by Gasteiger charge is -2.30. The molecule has 2 unspecified atom stereocenters. The lowest BCUT2D eigenvalue weighted by Crippen LogP contribution is -2.48. The van der Waals surface area contributed by atoms with Gasteiger partial charge in [0.1, 0.15) is 11.6 Å². The van der Waals surface area contributed by atoms with E-state index < -0.39 is 11.9 Å². The number of amides is 3. The molecule has 0 spiro atoms. The summed E-state index contributed by atoms with van der Waals surface area (Å²) in [6.45, 7) is 18.2. The smallest absolute Gasteiger partial charge is 0.306 e. The van der Waals surface area contributed by atoms with Crippen LogP contribution >= 0.6 is 0 Å². The minimum Gasteiger partial charge on any atom is -0.481 e. The van der Waals surface area contributed by atoms with E-state index in [4.69, 9.17) is 18.9 Å². The van der Waals surface area contributed by atoms with E-state index in [1.807, 2.05) is 0 Å². The van der Waals surface area contributed by atoms with E-state index in [0.717, 1.165) is 38.5 Å². The van der Waals surface area contributed by atoms with Crippen molar-refractivity contribution in [2.45, 2.75) is 208 Å². The molecule has 2 atom stereocenters. The first kappa shape index (κ1) is 63.0. The van der Waals surface area contributed by atoms with Gasteiger partial charge in [-0.05, 0) is 58.3 Å². The molecule has 66 heavy (non-hydrogen) atoms. The Morgan fingerprint density at radius 2 is 0.924 bits per heavy atom. The molecule has 0 aromatic rings. The van der Waals surface area contributed by atoms with Crippen LogP contribution in [0.4, 0.5) is 0 Å². The number of hydrogen-bond acceptors (Lipinski definition) is 11. The summed E-state index contributed by atoms with van der Waals surface area (Å²) < 4.78 is 21.9. The zero-order valence-electron chi connectivity index (χ0n) is 42.7. The fourth-order valence-electron chi connectivity index (χ4n) is 7.28. The summed E-state index contributed by atoms with van der Waals surface area (Å²) in [5, 5.41) is 21.5. The molecule has 0 aliphatic rings. The third-order valence-corrected chi connectivity index (χ3v) is 10.9. The molecule has 0 saturated carbocycles. The minimum atomic E-state index is -1.05. The van der Waals surface area contributed by atoms with Crippen LogP contribution in [0.15, 0.2) is 0 Å². The monoisotopic (exact) mass is 941 g/mol. The van der Waals surface area contributed by atoms with Crippen molar-refractivity contribution < 1.29 is 52.8 Å². The normalized spacial score (nSPS) is 12.7. The van der Waals surface area contributed by atoms with Crippen molar-refractivity contribution in [3.05, 3.63) is 0 Å². The molecule has 0 bridgehead atoms. The van der Waals surface area contributed by atoms with Gasteiger partial charge >= 0.3 is 5.97 Å². The first-order valence-electron chi connectivity index (χ1n) is 25.6. The van der Waals surface area contributed by atoms with Crippen molar-refractivity contribution in [1.82, 2.24) is 21.3 Å². The second kappa shape index (κ2) is 41.0. The Kier molecular flexibility index (Phi) is 39.2. The molecule has 0 saturated heterocycles. The fourth-order valence-corrected chi connectivity index (χ4v) is 7.28. The molecule has 0 heterocycles. The highest BCUT2D eigenvalue weighted by atomic mass is 16.5. The van der Waals surface area contributed by atoms with Crippen LogP contribution in [0.25, 0.3) is 0 Å².